The second kappa shape index (κ2) is 2.31. The van der Waals surface area contributed by atoms with Gasteiger partial charge in [0, 0.05) is 21.5 Å². The zero-order chi connectivity index (χ0) is 10.3. The van der Waals surface area contributed by atoms with Gasteiger partial charge >= 0.3 is 0 Å². The third kappa shape index (κ3) is 0.665. The first kappa shape index (κ1) is 7.82. The molecule has 2 aromatic heterocycles. The third-order valence-corrected chi connectivity index (χ3v) is 5.13. The summed E-state index contributed by atoms with van der Waals surface area (Å²) >= 11 is 3.61. The van der Waals surface area contributed by atoms with Crippen LogP contribution in [0.4, 0.5) is 0 Å². The van der Waals surface area contributed by atoms with Crippen molar-refractivity contribution in [3.63, 3.8) is 0 Å². The third-order valence-electron chi connectivity index (χ3n) is 3.64. The van der Waals surface area contributed by atoms with E-state index in [0.717, 1.165) is 0 Å². The number of thiophene rings is 2. The standard InChI is InChI=1S/C14H6S2/c1-7-9(13-5-15-3-11(7)13)2-10-8(1)12-4-16-6-14(10)12/h1-6H. The van der Waals surface area contributed by atoms with Gasteiger partial charge in [-0.15, -0.1) is 0 Å². The number of rotatable bonds is 0. The van der Waals surface area contributed by atoms with Gasteiger partial charge in [0.25, 0.3) is 0 Å². The van der Waals surface area contributed by atoms with E-state index >= 15 is 0 Å². The zero-order valence-corrected chi connectivity index (χ0v) is 9.91. The molecule has 0 saturated heterocycles. The Kier molecular flexibility index (Phi) is 1.13. The molecule has 5 aromatic rings. The molecule has 0 aliphatic carbocycles. The molecule has 0 amide bonds. The highest BCUT2D eigenvalue weighted by molar-refractivity contribution is 7.10. The van der Waals surface area contributed by atoms with Gasteiger partial charge < -0.3 is 0 Å². The second-order valence-corrected chi connectivity index (χ2v) is 5.83. The molecule has 0 N–H and O–H groups in total. The van der Waals surface area contributed by atoms with E-state index in [-0.39, 0.29) is 0 Å². The smallest absolute Gasteiger partial charge is 0.000854 e. The van der Waals surface area contributed by atoms with Crippen molar-refractivity contribution in [2.45, 2.75) is 0 Å². The lowest BCUT2D eigenvalue weighted by Gasteiger charge is -2.13. The summed E-state index contributed by atoms with van der Waals surface area (Å²) in [6, 6.07) is 4.74. The highest BCUT2D eigenvalue weighted by atomic mass is 32.1. The maximum atomic E-state index is 2.37. The molecule has 0 aliphatic rings. The van der Waals surface area contributed by atoms with Crippen LogP contribution >= 0.6 is 22.7 Å². The monoisotopic (exact) mass is 238 g/mol. The Bertz CT molecular complexity index is 790. The van der Waals surface area contributed by atoms with E-state index in [4.69, 9.17) is 0 Å². The minimum atomic E-state index is 1.45. The van der Waals surface area contributed by atoms with Crippen LogP contribution in [0.15, 0.2) is 33.7 Å². The summed E-state index contributed by atoms with van der Waals surface area (Å²) < 4.78 is 0. The molecule has 0 unspecified atom stereocenters. The van der Waals surface area contributed by atoms with Crippen LogP contribution in [0.25, 0.3) is 43.1 Å². The van der Waals surface area contributed by atoms with Crippen LogP contribution in [0, 0.1) is 0 Å². The average molecular weight is 238 g/mol. The van der Waals surface area contributed by atoms with E-state index in [1.54, 1.807) is 22.7 Å². The number of fused-ring (bicyclic) bond motifs is 8. The van der Waals surface area contributed by atoms with Crippen molar-refractivity contribution >= 4 is 65.8 Å². The predicted octanol–water partition coefficient (Wildman–Crippen LogP) is 5.30. The van der Waals surface area contributed by atoms with Gasteiger partial charge in [-0.2, -0.15) is 22.7 Å². The first-order chi connectivity index (χ1) is 7.93. The van der Waals surface area contributed by atoms with E-state index in [2.05, 4.69) is 33.7 Å². The lowest BCUT2D eigenvalue weighted by atomic mass is 9.89. The van der Waals surface area contributed by atoms with Crippen molar-refractivity contribution in [2.75, 3.05) is 0 Å². The van der Waals surface area contributed by atoms with Crippen LogP contribution in [0.2, 0.25) is 0 Å². The summed E-state index contributed by atoms with van der Waals surface area (Å²) in [6.45, 7) is 0. The summed E-state index contributed by atoms with van der Waals surface area (Å²) in [5.41, 5.74) is 0. The number of hydrogen-bond donors (Lipinski definition) is 0. The molecule has 74 valence electrons. The molecule has 0 saturated carbocycles. The SMILES string of the molecule is c1scc2c1c1cc3c4cscc4c3cc21. The van der Waals surface area contributed by atoms with E-state index in [0.29, 0.717) is 0 Å². The van der Waals surface area contributed by atoms with Gasteiger partial charge in [-0.25, -0.2) is 0 Å². The van der Waals surface area contributed by atoms with Crippen molar-refractivity contribution in [1.82, 2.24) is 0 Å². The lowest BCUT2D eigenvalue weighted by molar-refractivity contribution is 1.96. The van der Waals surface area contributed by atoms with Crippen molar-refractivity contribution in [3.8, 4) is 0 Å². The molecular formula is C14H6S2. The van der Waals surface area contributed by atoms with Gasteiger partial charge in [-0.1, -0.05) is 0 Å². The van der Waals surface area contributed by atoms with Crippen LogP contribution < -0.4 is 0 Å². The summed E-state index contributed by atoms with van der Waals surface area (Å²) in [5.74, 6) is 0. The van der Waals surface area contributed by atoms with Crippen LogP contribution in [-0.4, -0.2) is 0 Å². The average Bonchev–Trinajstić information content (AvgIpc) is 2.86. The minimum Gasteiger partial charge on any atom is -0.151 e. The normalized spacial score (nSPS) is 13.0. The molecule has 0 atom stereocenters. The predicted molar refractivity (Wildman–Crippen MR) is 74.6 cm³/mol. The first-order valence-corrected chi connectivity index (χ1v) is 7.14. The van der Waals surface area contributed by atoms with Crippen LogP contribution in [-0.2, 0) is 0 Å². The Balaban J connectivity index is 2.11. The summed E-state index contributed by atoms with van der Waals surface area (Å²) in [7, 11) is 0. The fourth-order valence-electron chi connectivity index (χ4n) is 2.79. The topological polar surface area (TPSA) is 0 Å². The van der Waals surface area contributed by atoms with Crippen LogP contribution in [0.3, 0.4) is 0 Å². The summed E-state index contributed by atoms with van der Waals surface area (Å²) in [6.07, 6.45) is 0. The van der Waals surface area contributed by atoms with E-state index in [9.17, 15) is 0 Å². The van der Waals surface area contributed by atoms with Crippen molar-refractivity contribution in [3.05, 3.63) is 33.7 Å². The zero-order valence-electron chi connectivity index (χ0n) is 8.28. The Hall–Kier alpha value is -1.38. The molecule has 2 heterocycles. The van der Waals surface area contributed by atoms with Gasteiger partial charge in [0.15, 0.2) is 0 Å². The second-order valence-electron chi connectivity index (χ2n) is 4.34. The number of benzene rings is 1. The van der Waals surface area contributed by atoms with Gasteiger partial charge in [-0.3, -0.25) is 0 Å². The Labute approximate surface area is 99.4 Å². The van der Waals surface area contributed by atoms with Crippen LogP contribution in [0.5, 0.6) is 0 Å². The van der Waals surface area contributed by atoms with Crippen LogP contribution in [0.1, 0.15) is 0 Å². The molecule has 2 heteroatoms. The molecule has 3 aromatic carbocycles. The van der Waals surface area contributed by atoms with Gasteiger partial charge in [-0.05, 0) is 55.2 Å². The summed E-state index contributed by atoms with van der Waals surface area (Å²) in [4.78, 5) is 0. The van der Waals surface area contributed by atoms with E-state index < -0.39 is 0 Å². The number of hydrogen-bond acceptors (Lipinski definition) is 2. The van der Waals surface area contributed by atoms with E-state index in [1.165, 1.54) is 43.1 Å². The van der Waals surface area contributed by atoms with Crippen molar-refractivity contribution < 1.29 is 0 Å². The largest absolute Gasteiger partial charge is 0.151 e. The molecule has 0 nitrogen and oxygen atoms in total. The Morgan fingerprint density at radius 2 is 0.750 bits per heavy atom. The molecule has 0 spiro atoms. The maximum Gasteiger partial charge on any atom is 0.000854 e. The lowest BCUT2D eigenvalue weighted by Crippen LogP contribution is -1.85. The molecular weight excluding hydrogens is 232 g/mol. The highest BCUT2D eigenvalue weighted by Crippen LogP contribution is 2.45. The molecule has 16 heavy (non-hydrogen) atoms. The fraction of sp³-hybridized carbons (Fsp3) is 0. The fourth-order valence-corrected chi connectivity index (χ4v) is 4.49. The van der Waals surface area contributed by atoms with E-state index in [1.807, 2.05) is 0 Å². The van der Waals surface area contributed by atoms with Gasteiger partial charge in [0.2, 0.25) is 0 Å². The molecule has 0 fully saturated rings. The quantitative estimate of drug-likeness (QED) is 0.343. The van der Waals surface area contributed by atoms with Crippen molar-refractivity contribution in [2.24, 2.45) is 0 Å². The molecule has 0 bridgehead atoms. The minimum absolute atomic E-state index is 1.45. The highest BCUT2D eigenvalue weighted by Gasteiger charge is 2.16. The Morgan fingerprint density at radius 3 is 1.06 bits per heavy atom. The molecule has 5 rings (SSSR count). The van der Waals surface area contributed by atoms with Gasteiger partial charge in [0.05, 0.1) is 0 Å². The maximum absolute atomic E-state index is 2.37. The van der Waals surface area contributed by atoms with Crippen molar-refractivity contribution in [1.29, 1.82) is 0 Å². The first-order valence-electron chi connectivity index (χ1n) is 5.25. The van der Waals surface area contributed by atoms with Gasteiger partial charge in [0.1, 0.15) is 0 Å². The molecule has 0 aliphatic heterocycles. The Morgan fingerprint density at radius 1 is 0.438 bits per heavy atom. The molecule has 0 radical (unpaired) electrons. The summed E-state index contributed by atoms with van der Waals surface area (Å²) in [5, 5.41) is 20.6.